The summed E-state index contributed by atoms with van der Waals surface area (Å²) in [6.07, 6.45) is 1.10. The molecule has 15 heavy (non-hydrogen) atoms. The predicted molar refractivity (Wildman–Crippen MR) is 64.3 cm³/mol. The van der Waals surface area contributed by atoms with Crippen molar-refractivity contribution < 1.29 is 9.47 Å². The third-order valence-electron chi connectivity index (χ3n) is 2.05. The summed E-state index contributed by atoms with van der Waals surface area (Å²) in [5, 5.41) is 0. The van der Waals surface area contributed by atoms with E-state index in [0.717, 1.165) is 26.2 Å². The summed E-state index contributed by atoms with van der Waals surface area (Å²) in [5.41, 5.74) is 0.367. The highest BCUT2D eigenvalue weighted by Gasteiger charge is 2.08. The highest BCUT2D eigenvalue weighted by molar-refractivity contribution is 4.59. The molecule has 0 saturated carbocycles. The van der Waals surface area contributed by atoms with Crippen molar-refractivity contribution in [1.82, 2.24) is 4.90 Å². The number of hydrogen-bond acceptors (Lipinski definition) is 3. The van der Waals surface area contributed by atoms with E-state index in [1.807, 2.05) is 14.1 Å². The van der Waals surface area contributed by atoms with E-state index < -0.39 is 0 Å². The SMILES string of the molecule is CN(C)CCOCCOCCC(C)(C)C. The van der Waals surface area contributed by atoms with Crippen LogP contribution < -0.4 is 0 Å². The van der Waals surface area contributed by atoms with Crippen molar-refractivity contribution in [3.8, 4) is 0 Å². The summed E-state index contributed by atoms with van der Waals surface area (Å²) in [4.78, 5) is 2.11. The van der Waals surface area contributed by atoms with Crippen LogP contribution in [0.15, 0.2) is 0 Å². The van der Waals surface area contributed by atoms with Crippen molar-refractivity contribution in [2.75, 3.05) is 47.1 Å². The van der Waals surface area contributed by atoms with Crippen molar-refractivity contribution in [3.05, 3.63) is 0 Å². The van der Waals surface area contributed by atoms with E-state index in [-0.39, 0.29) is 0 Å². The first kappa shape index (κ1) is 14.9. The molecule has 0 unspecified atom stereocenters. The summed E-state index contributed by atoms with van der Waals surface area (Å²) in [6, 6.07) is 0. The van der Waals surface area contributed by atoms with Crippen molar-refractivity contribution >= 4 is 0 Å². The van der Waals surface area contributed by atoms with Gasteiger partial charge in [-0.15, -0.1) is 0 Å². The minimum absolute atomic E-state index is 0.367. The van der Waals surface area contributed by atoms with Crippen LogP contribution in [0.1, 0.15) is 27.2 Å². The van der Waals surface area contributed by atoms with Gasteiger partial charge < -0.3 is 14.4 Å². The fourth-order valence-electron chi connectivity index (χ4n) is 0.947. The topological polar surface area (TPSA) is 21.7 Å². The summed E-state index contributed by atoms with van der Waals surface area (Å²) in [7, 11) is 4.09. The Labute approximate surface area is 94.7 Å². The van der Waals surface area contributed by atoms with Crippen LogP contribution in [0.3, 0.4) is 0 Å². The lowest BCUT2D eigenvalue weighted by atomic mass is 9.93. The first-order valence-electron chi connectivity index (χ1n) is 5.72. The first-order chi connectivity index (χ1) is 6.92. The first-order valence-corrected chi connectivity index (χ1v) is 5.72. The van der Waals surface area contributed by atoms with Gasteiger partial charge in [-0.2, -0.15) is 0 Å². The van der Waals surface area contributed by atoms with Crippen LogP contribution in [-0.2, 0) is 9.47 Å². The minimum atomic E-state index is 0.367. The van der Waals surface area contributed by atoms with Gasteiger partial charge in [0.15, 0.2) is 0 Å². The monoisotopic (exact) mass is 217 g/mol. The molecule has 0 aliphatic rings. The highest BCUT2D eigenvalue weighted by atomic mass is 16.5. The molecule has 92 valence electrons. The Kier molecular flexibility index (Phi) is 8.02. The van der Waals surface area contributed by atoms with E-state index in [4.69, 9.17) is 9.47 Å². The molecule has 3 heteroatoms. The fraction of sp³-hybridized carbons (Fsp3) is 1.00. The van der Waals surface area contributed by atoms with Gasteiger partial charge in [0.2, 0.25) is 0 Å². The number of rotatable bonds is 8. The second-order valence-electron chi connectivity index (χ2n) is 5.34. The van der Waals surface area contributed by atoms with Gasteiger partial charge in [0.05, 0.1) is 19.8 Å². The summed E-state index contributed by atoms with van der Waals surface area (Å²) in [5.74, 6) is 0. The zero-order chi connectivity index (χ0) is 11.7. The van der Waals surface area contributed by atoms with E-state index in [1.54, 1.807) is 0 Å². The van der Waals surface area contributed by atoms with Crippen molar-refractivity contribution in [3.63, 3.8) is 0 Å². The van der Waals surface area contributed by atoms with Crippen molar-refractivity contribution in [2.45, 2.75) is 27.2 Å². The molecule has 0 amide bonds. The number of likely N-dealkylation sites (N-methyl/N-ethyl adjacent to an activating group) is 1. The van der Waals surface area contributed by atoms with Crippen LogP contribution in [0.25, 0.3) is 0 Å². The molecule has 3 nitrogen and oxygen atoms in total. The Bertz CT molecular complexity index is 141. The van der Waals surface area contributed by atoms with Crippen molar-refractivity contribution in [1.29, 1.82) is 0 Å². The largest absolute Gasteiger partial charge is 0.379 e. The van der Waals surface area contributed by atoms with Gasteiger partial charge in [-0.25, -0.2) is 0 Å². The fourth-order valence-corrected chi connectivity index (χ4v) is 0.947. The molecule has 0 aliphatic carbocycles. The molecule has 0 radical (unpaired) electrons. The van der Waals surface area contributed by atoms with Crippen LogP contribution in [0.5, 0.6) is 0 Å². The summed E-state index contributed by atoms with van der Waals surface area (Å²) < 4.78 is 10.9. The van der Waals surface area contributed by atoms with Gasteiger partial charge in [0, 0.05) is 13.2 Å². The quantitative estimate of drug-likeness (QED) is 0.581. The van der Waals surface area contributed by atoms with E-state index in [0.29, 0.717) is 18.6 Å². The van der Waals surface area contributed by atoms with Gasteiger partial charge in [-0.1, -0.05) is 20.8 Å². The molecule has 0 spiro atoms. The van der Waals surface area contributed by atoms with Gasteiger partial charge in [0.1, 0.15) is 0 Å². The van der Waals surface area contributed by atoms with Crippen LogP contribution in [0.2, 0.25) is 0 Å². The zero-order valence-electron chi connectivity index (χ0n) is 11.0. The Balaban J connectivity index is 3.06. The molecule has 0 N–H and O–H groups in total. The molecule has 0 aromatic heterocycles. The van der Waals surface area contributed by atoms with Gasteiger partial charge >= 0.3 is 0 Å². The Morgan fingerprint density at radius 1 is 0.867 bits per heavy atom. The third-order valence-corrected chi connectivity index (χ3v) is 2.05. The van der Waals surface area contributed by atoms with Crippen LogP contribution in [-0.4, -0.2) is 52.0 Å². The Hall–Kier alpha value is -0.120. The molecule has 0 aromatic carbocycles. The van der Waals surface area contributed by atoms with E-state index in [2.05, 4.69) is 25.7 Å². The average Bonchev–Trinajstić information content (AvgIpc) is 2.07. The van der Waals surface area contributed by atoms with Crippen LogP contribution >= 0.6 is 0 Å². The molecule has 0 aromatic rings. The Morgan fingerprint density at radius 2 is 1.40 bits per heavy atom. The zero-order valence-corrected chi connectivity index (χ0v) is 11.0. The predicted octanol–water partition coefficient (Wildman–Crippen LogP) is 2.02. The molecule has 0 rings (SSSR count). The lowest BCUT2D eigenvalue weighted by molar-refractivity contribution is 0.0346. The highest BCUT2D eigenvalue weighted by Crippen LogP contribution is 2.17. The standard InChI is InChI=1S/C12H27NO2/c1-12(2,3)6-8-14-10-11-15-9-7-13(4)5/h6-11H2,1-5H3. The molecule has 0 saturated heterocycles. The lowest BCUT2D eigenvalue weighted by Gasteiger charge is -2.17. The molecule has 0 atom stereocenters. The third kappa shape index (κ3) is 13.9. The van der Waals surface area contributed by atoms with Crippen molar-refractivity contribution in [2.24, 2.45) is 5.41 Å². The maximum atomic E-state index is 5.48. The van der Waals surface area contributed by atoms with Crippen LogP contribution in [0.4, 0.5) is 0 Å². The lowest BCUT2D eigenvalue weighted by Crippen LogP contribution is -2.19. The summed E-state index contributed by atoms with van der Waals surface area (Å²) >= 11 is 0. The molecule has 0 aliphatic heterocycles. The molecule has 0 bridgehead atoms. The minimum Gasteiger partial charge on any atom is -0.379 e. The van der Waals surface area contributed by atoms with Gasteiger partial charge in [0.25, 0.3) is 0 Å². The second kappa shape index (κ2) is 8.08. The molecule has 0 heterocycles. The summed E-state index contributed by atoms with van der Waals surface area (Å²) in [6.45, 7) is 10.7. The normalized spacial score (nSPS) is 12.4. The van der Waals surface area contributed by atoms with E-state index >= 15 is 0 Å². The maximum absolute atomic E-state index is 5.48. The molecule has 0 fully saturated rings. The Morgan fingerprint density at radius 3 is 1.87 bits per heavy atom. The smallest absolute Gasteiger partial charge is 0.0701 e. The number of nitrogens with zero attached hydrogens (tertiary/aromatic N) is 1. The molecular weight excluding hydrogens is 190 g/mol. The average molecular weight is 217 g/mol. The second-order valence-corrected chi connectivity index (χ2v) is 5.34. The van der Waals surface area contributed by atoms with E-state index in [9.17, 15) is 0 Å². The maximum Gasteiger partial charge on any atom is 0.0701 e. The van der Waals surface area contributed by atoms with E-state index in [1.165, 1.54) is 0 Å². The number of ether oxygens (including phenoxy) is 2. The van der Waals surface area contributed by atoms with Gasteiger partial charge in [-0.05, 0) is 25.9 Å². The molecular formula is C12H27NO2. The number of hydrogen-bond donors (Lipinski definition) is 0. The van der Waals surface area contributed by atoms with Gasteiger partial charge in [-0.3, -0.25) is 0 Å². The van der Waals surface area contributed by atoms with Crippen LogP contribution in [0, 0.1) is 5.41 Å².